The number of aliphatic carboxylic acids is 1. The lowest BCUT2D eigenvalue weighted by molar-refractivity contribution is -0.137. The Morgan fingerprint density at radius 1 is 1.37 bits per heavy atom. The number of carboxylic acids is 1. The molecule has 0 radical (unpaired) electrons. The predicted molar refractivity (Wildman–Crippen MR) is 74.4 cm³/mol. The van der Waals surface area contributed by atoms with Crippen molar-refractivity contribution < 1.29 is 14.7 Å². The maximum atomic E-state index is 12.1. The SMILES string of the molecule is O=C(O)CCCNC(=O)C1CCSc2ccccc21. The summed E-state index contributed by atoms with van der Waals surface area (Å²) in [7, 11) is 0. The topological polar surface area (TPSA) is 66.4 Å². The average molecular weight is 279 g/mol. The third-order valence-corrected chi connectivity index (χ3v) is 4.26. The minimum Gasteiger partial charge on any atom is -0.481 e. The molecule has 1 aromatic carbocycles. The summed E-state index contributed by atoms with van der Waals surface area (Å²) >= 11 is 1.78. The van der Waals surface area contributed by atoms with Crippen molar-refractivity contribution in [1.82, 2.24) is 5.32 Å². The predicted octanol–water partition coefficient (Wildman–Crippen LogP) is 2.25. The summed E-state index contributed by atoms with van der Waals surface area (Å²) in [4.78, 5) is 23.7. The van der Waals surface area contributed by atoms with Crippen LogP contribution in [0.25, 0.3) is 0 Å². The lowest BCUT2D eigenvalue weighted by atomic mass is 9.95. The van der Waals surface area contributed by atoms with Crippen LogP contribution in [0.3, 0.4) is 0 Å². The number of thioether (sulfide) groups is 1. The molecule has 5 heteroatoms. The largest absolute Gasteiger partial charge is 0.481 e. The molecule has 0 aromatic heterocycles. The molecule has 1 unspecified atom stereocenters. The number of amides is 1. The number of benzene rings is 1. The van der Waals surface area contributed by atoms with E-state index in [-0.39, 0.29) is 18.2 Å². The molecule has 1 heterocycles. The molecule has 2 N–H and O–H groups in total. The average Bonchev–Trinajstić information content (AvgIpc) is 2.42. The van der Waals surface area contributed by atoms with Gasteiger partial charge in [0.2, 0.25) is 5.91 Å². The first-order valence-electron chi connectivity index (χ1n) is 6.39. The van der Waals surface area contributed by atoms with Gasteiger partial charge in [-0.05, 0) is 30.2 Å². The molecule has 0 bridgehead atoms. The highest BCUT2D eigenvalue weighted by Crippen LogP contribution is 2.37. The number of carbonyl (C=O) groups is 2. The van der Waals surface area contributed by atoms with Crippen molar-refractivity contribution in [3.8, 4) is 0 Å². The van der Waals surface area contributed by atoms with Crippen molar-refractivity contribution >= 4 is 23.6 Å². The van der Waals surface area contributed by atoms with E-state index >= 15 is 0 Å². The van der Waals surface area contributed by atoms with E-state index in [2.05, 4.69) is 5.32 Å². The summed E-state index contributed by atoms with van der Waals surface area (Å²) in [6.07, 6.45) is 1.41. The first-order chi connectivity index (χ1) is 9.18. The Hall–Kier alpha value is -1.49. The normalized spacial score (nSPS) is 17.6. The van der Waals surface area contributed by atoms with Crippen molar-refractivity contribution in [3.05, 3.63) is 29.8 Å². The minimum absolute atomic E-state index is 0.0122. The highest BCUT2D eigenvalue weighted by molar-refractivity contribution is 7.99. The van der Waals surface area contributed by atoms with Crippen molar-refractivity contribution in [1.29, 1.82) is 0 Å². The molecule has 2 rings (SSSR count). The minimum atomic E-state index is -0.825. The zero-order chi connectivity index (χ0) is 13.7. The Labute approximate surface area is 116 Å². The van der Waals surface area contributed by atoms with Gasteiger partial charge in [-0.3, -0.25) is 9.59 Å². The van der Waals surface area contributed by atoms with Gasteiger partial charge < -0.3 is 10.4 Å². The lowest BCUT2D eigenvalue weighted by Gasteiger charge is -2.24. The monoisotopic (exact) mass is 279 g/mol. The molecule has 1 aliphatic rings. The summed E-state index contributed by atoms with van der Waals surface area (Å²) in [5.41, 5.74) is 1.09. The Balaban J connectivity index is 1.92. The van der Waals surface area contributed by atoms with Gasteiger partial charge >= 0.3 is 5.97 Å². The number of carboxylic acid groups (broad SMARTS) is 1. The highest BCUT2D eigenvalue weighted by Gasteiger charge is 2.26. The van der Waals surface area contributed by atoms with E-state index in [4.69, 9.17) is 5.11 Å². The van der Waals surface area contributed by atoms with E-state index < -0.39 is 5.97 Å². The van der Waals surface area contributed by atoms with Gasteiger partial charge in [0.05, 0.1) is 5.92 Å². The summed E-state index contributed by atoms with van der Waals surface area (Å²) < 4.78 is 0. The number of carbonyl (C=O) groups excluding carboxylic acids is 1. The van der Waals surface area contributed by atoms with Crippen LogP contribution in [0.5, 0.6) is 0 Å². The molecule has 19 heavy (non-hydrogen) atoms. The van der Waals surface area contributed by atoms with Gasteiger partial charge in [-0.1, -0.05) is 18.2 Å². The van der Waals surface area contributed by atoms with Gasteiger partial charge in [-0.25, -0.2) is 0 Å². The van der Waals surface area contributed by atoms with Crippen LogP contribution in [0.15, 0.2) is 29.2 Å². The van der Waals surface area contributed by atoms with E-state index in [0.29, 0.717) is 13.0 Å². The summed E-state index contributed by atoms with van der Waals surface area (Å²) in [6.45, 7) is 0.428. The fourth-order valence-electron chi connectivity index (χ4n) is 2.19. The first kappa shape index (κ1) is 13.9. The van der Waals surface area contributed by atoms with E-state index in [1.165, 1.54) is 4.90 Å². The second-order valence-corrected chi connectivity index (χ2v) is 5.65. The third kappa shape index (κ3) is 3.73. The Morgan fingerprint density at radius 2 is 2.16 bits per heavy atom. The second kappa shape index (κ2) is 6.61. The van der Waals surface area contributed by atoms with E-state index in [0.717, 1.165) is 17.7 Å². The fourth-order valence-corrected chi connectivity index (χ4v) is 3.31. The van der Waals surface area contributed by atoms with Crippen LogP contribution in [-0.2, 0) is 9.59 Å². The molecule has 102 valence electrons. The zero-order valence-corrected chi connectivity index (χ0v) is 11.4. The summed E-state index contributed by atoms with van der Waals surface area (Å²) in [5.74, 6) is 0.0404. The second-order valence-electron chi connectivity index (χ2n) is 4.52. The number of fused-ring (bicyclic) bond motifs is 1. The van der Waals surface area contributed by atoms with E-state index in [1.54, 1.807) is 11.8 Å². The number of nitrogens with one attached hydrogen (secondary N) is 1. The molecule has 0 saturated heterocycles. The first-order valence-corrected chi connectivity index (χ1v) is 7.38. The van der Waals surface area contributed by atoms with Crippen molar-refractivity contribution in [2.45, 2.75) is 30.1 Å². The Kier molecular flexibility index (Phi) is 4.85. The molecular formula is C14H17NO3S. The Morgan fingerprint density at radius 3 is 2.95 bits per heavy atom. The molecule has 1 aromatic rings. The van der Waals surface area contributed by atoms with Crippen molar-refractivity contribution in [2.75, 3.05) is 12.3 Å². The number of rotatable bonds is 5. The Bertz CT molecular complexity index is 476. The molecule has 0 spiro atoms. The van der Waals surface area contributed by atoms with Crippen LogP contribution in [0.2, 0.25) is 0 Å². The van der Waals surface area contributed by atoms with Gasteiger partial charge in [0.1, 0.15) is 0 Å². The van der Waals surface area contributed by atoms with Crippen molar-refractivity contribution in [2.24, 2.45) is 0 Å². The van der Waals surface area contributed by atoms with E-state index in [1.807, 2.05) is 24.3 Å². The van der Waals surface area contributed by atoms with Gasteiger partial charge in [0, 0.05) is 17.9 Å². The number of hydrogen-bond donors (Lipinski definition) is 2. The van der Waals surface area contributed by atoms with Gasteiger partial charge in [0.25, 0.3) is 0 Å². The lowest BCUT2D eigenvalue weighted by Crippen LogP contribution is -2.32. The molecule has 0 saturated carbocycles. The molecule has 4 nitrogen and oxygen atoms in total. The summed E-state index contributed by atoms with van der Waals surface area (Å²) in [6, 6.07) is 7.99. The van der Waals surface area contributed by atoms with Crippen LogP contribution in [0, 0.1) is 0 Å². The van der Waals surface area contributed by atoms with Crippen LogP contribution in [-0.4, -0.2) is 29.3 Å². The maximum Gasteiger partial charge on any atom is 0.303 e. The maximum absolute atomic E-state index is 12.1. The smallest absolute Gasteiger partial charge is 0.303 e. The molecule has 1 atom stereocenters. The molecular weight excluding hydrogens is 262 g/mol. The van der Waals surface area contributed by atoms with Crippen molar-refractivity contribution in [3.63, 3.8) is 0 Å². The molecule has 0 aliphatic carbocycles. The number of hydrogen-bond acceptors (Lipinski definition) is 3. The van der Waals surface area contributed by atoms with Crippen LogP contribution >= 0.6 is 11.8 Å². The quantitative estimate of drug-likeness (QED) is 0.811. The third-order valence-electron chi connectivity index (χ3n) is 3.14. The van der Waals surface area contributed by atoms with Gasteiger partial charge in [-0.2, -0.15) is 0 Å². The molecule has 1 amide bonds. The van der Waals surface area contributed by atoms with Gasteiger partial charge in [0.15, 0.2) is 0 Å². The fraction of sp³-hybridized carbons (Fsp3) is 0.429. The van der Waals surface area contributed by atoms with Gasteiger partial charge in [-0.15, -0.1) is 11.8 Å². The molecule has 1 aliphatic heterocycles. The highest BCUT2D eigenvalue weighted by atomic mass is 32.2. The zero-order valence-electron chi connectivity index (χ0n) is 10.6. The molecule has 0 fully saturated rings. The van der Waals surface area contributed by atoms with Crippen LogP contribution in [0.1, 0.15) is 30.7 Å². The summed E-state index contributed by atoms with van der Waals surface area (Å²) in [5, 5.41) is 11.4. The van der Waals surface area contributed by atoms with Crippen LogP contribution in [0.4, 0.5) is 0 Å². The van der Waals surface area contributed by atoms with E-state index in [9.17, 15) is 9.59 Å². The standard InChI is InChI=1S/C14H17NO3S/c16-13(17)6-3-8-15-14(18)11-7-9-19-12-5-2-1-4-10(11)12/h1-2,4-5,11H,3,6-9H2,(H,15,18)(H,16,17). The van der Waals surface area contributed by atoms with Crippen LogP contribution < -0.4 is 5.32 Å².